The van der Waals surface area contributed by atoms with E-state index in [4.69, 9.17) is 9.47 Å². The van der Waals surface area contributed by atoms with Gasteiger partial charge in [-0.05, 0) is 0 Å². The molecule has 0 spiro atoms. The lowest BCUT2D eigenvalue weighted by atomic mass is 10.2. The van der Waals surface area contributed by atoms with E-state index >= 15 is 0 Å². The lowest BCUT2D eigenvalue weighted by Gasteiger charge is -2.21. The summed E-state index contributed by atoms with van der Waals surface area (Å²) >= 11 is 0. The average Bonchev–Trinajstić information content (AvgIpc) is 3.00. The van der Waals surface area contributed by atoms with E-state index in [1.807, 2.05) is 0 Å². The molecule has 2 N–H and O–H groups in total. The van der Waals surface area contributed by atoms with Gasteiger partial charge in [-0.3, -0.25) is 0 Å². The van der Waals surface area contributed by atoms with Crippen LogP contribution < -0.4 is 0 Å². The van der Waals surface area contributed by atoms with Gasteiger partial charge in [0.25, 0.3) is 0 Å². The summed E-state index contributed by atoms with van der Waals surface area (Å²) in [6.07, 6.45) is 0.0115. The molecule has 1 aliphatic heterocycles. The fourth-order valence-corrected chi connectivity index (χ4v) is 1.11. The molecule has 4 heteroatoms. The van der Waals surface area contributed by atoms with E-state index in [0.29, 0.717) is 12.2 Å². The summed E-state index contributed by atoms with van der Waals surface area (Å²) in [5.41, 5.74) is 0.320. The highest BCUT2D eigenvalue weighted by atomic mass is 16.8. The van der Waals surface area contributed by atoms with Crippen molar-refractivity contribution >= 4 is 0 Å². The van der Waals surface area contributed by atoms with Crippen LogP contribution in [0.1, 0.15) is 5.56 Å². The molecule has 4 nitrogen and oxygen atoms in total. The van der Waals surface area contributed by atoms with Crippen LogP contribution in [-0.4, -0.2) is 29.5 Å². The molecular weight excluding hydrogens is 184 g/mol. The number of epoxide rings is 1. The minimum Gasteiger partial charge on any atom is -0.371 e. The molecule has 1 unspecified atom stereocenters. The van der Waals surface area contributed by atoms with Gasteiger partial charge in [0.2, 0.25) is 0 Å². The lowest BCUT2D eigenvalue weighted by Crippen LogP contribution is -2.30. The molecule has 0 aliphatic carbocycles. The van der Waals surface area contributed by atoms with Crippen LogP contribution in [-0.2, 0) is 15.4 Å². The lowest BCUT2D eigenvalue weighted by molar-refractivity contribution is -0.351. The second-order valence-electron chi connectivity index (χ2n) is 3.24. The summed E-state index contributed by atoms with van der Waals surface area (Å²) in [5.74, 6) is -2.22. The molecular formula is C10H12O4. The van der Waals surface area contributed by atoms with Crippen molar-refractivity contribution in [1.82, 2.24) is 0 Å². The molecule has 1 aromatic carbocycles. The normalized spacial score (nSPS) is 20.9. The Morgan fingerprint density at radius 3 is 2.57 bits per heavy atom. The maximum absolute atomic E-state index is 9.54. The van der Waals surface area contributed by atoms with E-state index in [-0.39, 0.29) is 12.7 Å². The third kappa shape index (κ3) is 2.30. The Hall–Kier alpha value is -0.940. The van der Waals surface area contributed by atoms with E-state index < -0.39 is 5.97 Å². The van der Waals surface area contributed by atoms with E-state index in [1.54, 1.807) is 30.3 Å². The smallest absolute Gasteiger partial charge is 0.307 e. The Bertz CT molecular complexity index is 292. The molecule has 2 rings (SSSR count). The van der Waals surface area contributed by atoms with Gasteiger partial charge in [-0.1, -0.05) is 30.3 Å². The van der Waals surface area contributed by atoms with Crippen molar-refractivity contribution in [3.05, 3.63) is 35.9 Å². The summed E-state index contributed by atoms with van der Waals surface area (Å²) in [6, 6.07) is 8.41. The predicted octanol–water partition coefficient (Wildman–Crippen LogP) is 0.197. The zero-order chi connectivity index (χ0) is 10.0. The number of benzene rings is 1. The van der Waals surface area contributed by atoms with Crippen LogP contribution in [0, 0.1) is 0 Å². The zero-order valence-corrected chi connectivity index (χ0v) is 7.59. The SMILES string of the molecule is OC(O)(OCC1CO1)c1ccccc1. The maximum Gasteiger partial charge on any atom is 0.307 e. The minimum atomic E-state index is -2.22. The van der Waals surface area contributed by atoms with Gasteiger partial charge in [0.05, 0.1) is 13.2 Å². The first kappa shape index (κ1) is 9.61. The number of ether oxygens (including phenoxy) is 2. The van der Waals surface area contributed by atoms with Crippen molar-refractivity contribution in [2.75, 3.05) is 13.2 Å². The average molecular weight is 196 g/mol. The van der Waals surface area contributed by atoms with Gasteiger partial charge in [-0.25, -0.2) is 0 Å². The molecule has 1 aliphatic rings. The van der Waals surface area contributed by atoms with Gasteiger partial charge in [-0.2, -0.15) is 0 Å². The number of rotatable bonds is 4. The van der Waals surface area contributed by atoms with E-state index in [2.05, 4.69) is 0 Å². The summed E-state index contributed by atoms with van der Waals surface area (Å²) in [5, 5.41) is 19.1. The predicted molar refractivity (Wildman–Crippen MR) is 48.2 cm³/mol. The van der Waals surface area contributed by atoms with Crippen molar-refractivity contribution in [2.24, 2.45) is 0 Å². The largest absolute Gasteiger partial charge is 0.371 e. The van der Waals surface area contributed by atoms with Gasteiger partial charge in [-0.15, -0.1) is 0 Å². The number of hydrogen-bond donors (Lipinski definition) is 2. The summed E-state index contributed by atoms with van der Waals surface area (Å²) < 4.78 is 9.82. The molecule has 1 fully saturated rings. The molecule has 0 radical (unpaired) electrons. The Labute approximate surface area is 81.7 Å². The molecule has 1 heterocycles. The molecule has 0 bridgehead atoms. The van der Waals surface area contributed by atoms with Crippen LogP contribution in [0.2, 0.25) is 0 Å². The van der Waals surface area contributed by atoms with Gasteiger partial charge >= 0.3 is 5.97 Å². The van der Waals surface area contributed by atoms with Crippen molar-refractivity contribution in [3.8, 4) is 0 Å². The quantitative estimate of drug-likeness (QED) is 0.533. The van der Waals surface area contributed by atoms with E-state index in [1.165, 1.54) is 0 Å². The summed E-state index contributed by atoms with van der Waals surface area (Å²) in [4.78, 5) is 0. The Morgan fingerprint density at radius 2 is 2.00 bits per heavy atom. The van der Waals surface area contributed by atoms with Gasteiger partial charge in [0.15, 0.2) is 0 Å². The second-order valence-corrected chi connectivity index (χ2v) is 3.24. The Kier molecular flexibility index (Phi) is 2.52. The van der Waals surface area contributed by atoms with Crippen LogP contribution >= 0.6 is 0 Å². The summed E-state index contributed by atoms with van der Waals surface area (Å²) in [6.45, 7) is 0.826. The molecule has 14 heavy (non-hydrogen) atoms. The molecule has 1 atom stereocenters. The van der Waals surface area contributed by atoms with Crippen LogP contribution in [0.25, 0.3) is 0 Å². The highest BCUT2D eigenvalue weighted by molar-refractivity contribution is 5.17. The van der Waals surface area contributed by atoms with E-state index in [0.717, 1.165) is 0 Å². The van der Waals surface area contributed by atoms with Gasteiger partial charge < -0.3 is 19.7 Å². The Morgan fingerprint density at radius 1 is 1.36 bits per heavy atom. The van der Waals surface area contributed by atoms with Crippen LogP contribution in [0.4, 0.5) is 0 Å². The third-order valence-corrected chi connectivity index (χ3v) is 2.02. The summed E-state index contributed by atoms with van der Waals surface area (Å²) in [7, 11) is 0. The molecule has 0 aromatic heterocycles. The van der Waals surface area contributed by atoms with Crippen LogP contribution in [0.3, 0.4) is 0 Å². The van der Waals surface area contributed by atoms with Gasteiger partial charge in [0.1, 0.15) is 6.10 Å². The number of aliphatic hydroxyl groups is 2. The first-order chi connectivity index (χ1) is 6.68. The first-order valence-corrected chi connectivity index (χ1v) is 4.44. The first-order valence-electron chi connectivity index (χ1n) is 4.44. The fourth-order valence-electron chi connectivity index (χ4n) is 1.11. The van der Waals surface area contributed by atoms with Gasteiger partial charge in [0, 0.05) is 5.56 Å². The van der Waals surface area contributed by atoms with Crippen LogP contribution in [0.15, 0.2) is 30.3 Å². The third-order valence-electron chi connectivity index (χ3n) is 2.02. The highest BCUT2D eigenvalue weighted by Gasteiger charge is 2.31. The highest BCUT2D eigenvalue weighted by Crippen LogP contribution is 2.21. The van der Waals surface area contributed by atoms with Crippen molar-refractivity contribution in [1.29, 1.82) is 0 Å². The topological polar surface area (TPSA) is 62.2 Å². The molecule has 1 aromatic rings. The van der Waals surface area contributed by atoms with Crippen molar-refractivity contribution in [3.63, 3.8) is 0 Å². The molecule has 1 saturated heterocycles. The van der Waals surface area contributed by atoms with Crippen LogP contribution in [0.5, 0.6) is 0 Å². The Balaban J connectivity index is 1.99. The standard InChI is InChI=1S/C10H12O4/c11-10(12,14-7-9-6-13-9)8-4-2-1-3-5-8/h1-5,9,11-12H,6-7H2. The van der Waals surface area contributed by atoms with Crippen molar-refractivity contribution < 1.29 is 19.7 Å². The van der Waals surface area contributed by atoms with Crippen molar-refractivity contribution in [2.45, 2.75) is 12.1 Å². The fraction of sp³-hybridized carbons (Fsp3) is 0.400. The molecule has 76 valence electrons. The molecule has 0 saturated carbocycles. The zero-order valence-electron chi connectivity index (χ0n) is 7.59. The minimum absolute atomic E-state index is 0.0115. The molecule has 0 amide bonds. The monoisotopic (exact) mass is 196 g/mol. The second kappa shape index (κ2) is 3.67. The maximum atomic E-state index is 9.54. The number of hydrogen-bond acceptors (Lipinski definition) is 4. The van der Waals surface area contributed by atoms with E-state index in [9.17, 15) is 10.2 Å².